The fourth-order valence-electron chi connectivity index (χ4n) is 8.47. The minimum Gasteiger partial charge on any atom is -0.393 e. The Bertz CT molecular complexity index is 665. The fraction of sp³-hybridized carbons (Fsp3) is 0.958. The van der Waals surface area contributed by atoms with Gasteiger partial charge in [0.25, 0.3) is 0 Å². The van der Waals surface area contributed by atoms with Crippen molar-refractivity contribution in [1.29, 1.82) is 0 Å². The van der Waals surface area contributed by atoms with E-state index in [1.807, 2.05) is 0 Å². The number of hydrogen-bond donors (Lipinski definition) is 3. The molecular weight excluding hydrogens is 364 g/mol. The number of fused-ring (bicyclic) bond motifs is 5. The van der Waals surface area contributed by atoms with E-state index in [1.54, 1.807) is 0 Å². The standard InChI is InChI=1S/C24H40N2O3/c1-4-15-19(26-29-14-12-25-13-14)8-10-24(3)18-7-9-23(2)17(5-6-21(23)28)16(18)11-20(27)22(15)24/h14-18,20-22,25,27-28H,4-13H2,1-3H3/b26-19+/t15-,16-,17-,18-,20+,21-,22?,23-,24+/m0/s1. The summed E-state index contributed by atoms with van der Waals surface area (Å²) in [6, 6.07) is 0. The Morgan fingerprint density at radius 1 is 1.07 bits per heavy atom. The highest BCUT2D eigenvalue weighted by Crippen LogP contribution is 2.66. The van der Waals surface area contributed by atoms with Crippen LogP contribution in [0.5, 0.6) is 0 Å². The summed E-state index contributed by atoms with van der Waals surface area (Å²) >= 11 is 0. The zero-order chi connectivity index (χ0) is 20.4. The Kier molecular flexibility index (Phi) is 5.03. The molecule has 1 heterocycles. The number of nitrogens with zero attached hydrogens (tertiary/aromatic N) is 1. The highest BCUT2D eigenvalue weighted by molar-refractivity contribution is 5.87. The zero-order valence-corrected chi connectivity index (χ0v) is 18.4. The van der Waals surface area contributed by atoms with Gasteiger partial charge in [-0.15, -0.1) is 0 Å². The topological polar surface area (TPSA) is 74.1 Å². The van der Waals surface area contributed by atoms with Crippen LogP contribution in [0.4, 0.5) is 0 Å². The molecule has 3 N–H and O–H groups in total. The van der Waals surface area contributed by atoms with Crippen molar-refractivity contribution in [3.63, 3.8) is 0 Å². The van der Waals surface area contributed by atoms with E-state index in [0.29, 0.717) is 29.6 Å². The quantitative estimate of drug-likeness (QED) is 0.631. The van der Waals surface area contributed by atoms with Crippen molar-refractivity contribution in [3.05, 3.63) is 0 Å². The van der Waals surface area contributed by atoms with Crippen molar-refractivity contribution < 1.29 is 15.1 Å². The summed E-state index contributed by atoms with van der Waals surface area (Å²) in [4.78, 5) is 5.80. The Balaban J connectivity index is 1.41. The maximum absolute atomic E-state index is 11.5. The minimum atomic E-state index is -0.262. The second-order valence-corrected chi connectivity index (χ2v) is 11.3. The molecule has 9 atom stereocenters. The Morgan fingerprint density at radius 3 is 2.52 bits per heavy atom. The molecule has 1 unspecified atom stereocenters. The lowest BCUT2D eigenvalue weighted by Crippen LogP contribution is -2.60. The number of oxime groups is 1. The molecule has 4 aliphatic carbocycles. The van der Waals surface area contributed by atoms with Crippen molar-refractivity contribution in [2.45, 2.75) is 90.4 Å². The molecule has 1 aliphatic heterocycles. The van der Waals surface area contributed by atoms with Crippen LogP contribution in [0.2, 0.25) is 0 Å². The van der Waals surface area contributed by atoms with Crippen LogP contribution in [0.15, 0.2) is 5.16 Å². The van der Waals surface area contributed by atoms with Gasteiger partial charge in [0.15, 0.2) is 6.10 Å². The van der Waals surface area contributed by atoms with Gasteiger partial charge in [0.1, 0.15) is 0 Å². The fourth-order valence-corrected chi connectivity index (χ4v) is 8.47. The normalized spacial score (nSPS) is 53.7. The first-order chi connectivity index (χ1) is 13.9. The average Bonchev–Trinajstić information content (AvgIpc) is 2.96. The Hall–Kier alpha value is -0.650. The molecule has 5 nitrogen and oxygen atoms in total. The van der Waals surface area contributed by atoms with Crippen LogP contribution in [0.25, 0.3) is 0 Å². The van der Waals surface area contributed by atoms with E-state index in [1.165, 1.54) is 12.1 Å². The number of aliphatic hydroxyl groups is 2. The summed E-state index contributed by atoms with van der Waals surface area (Å²) in [7, 11) is 0. The largest absolute Gasteiger partial charge is 0.393 e. The van der Waals surface area contributed by atoms with Crippen molar-refractivity contribution in [1.82, 2.24) is 5.32 Å². The molecule has 5 aliphatic rings. The molecule has 5 rings (SSSR count). The summed E-state index contributed by atoms with van der Waals surface area (Å²) in [6.45, 7) is 8.84. The van der Waals surface area contributed by atoms with Crippen molar-refractivity contribution in [2.24, 2.45) is 45.6 Å². The monoisotopic (exact) mass is 404 g/mol. The van der Waals surface area contributed by atoms with E-state index in [-0.39, 0.29) is 29.1 Å². The number of nitrogens with one attached hydrogen (secondary N) is 1. The van der Waals surface area contributed by atoms with Crippen LogP contribution < -0.4 is 5.32 Å². The Morgan fingerprint density at radius 2 is 1.83 bits per heavy atom. The molecule has 0 radical (unpaired) electrons. The molecule has 0 aromatic rings. The summed E-state index contributed by atoms with van der Waals surface area (Å²) in [5.41, 5.74) is 1.44. The van der Waals surface area contributed by atoms with E-state index < -0.39 is 0 Å². The van der Waals surface area contributed by atoms with Gasteiger partial charge in [0.05, 0.1) is 17.9 Å². The molecule has 164 valence electrons. The second-order valence-electron chi connectivity index (χ2n) is 11.3. The third-order valence-electron chi connectivity index (χ3n) is 10.2. The highest BCUT2D eigenvalue weighted by Gasteiger charge is 2.63. The lowest BCUT2D eigenvalue weighted by Gasteiger charge is -2.63. The number of rotatable bonds is 3. The van der Waals surface area contributed by atoms with Gasteiger partial charge in [-0.2, -0.15) is 0 Å². The molecule has 1 saturated heterocycles. The third kappa shape index (κ3) is 2.94. The first-order valence-electron chi connectivity index (χ1n) is 12.2. The lowest BCUT2D eigenvalue weighted by atomic mass is 9.43. The van der Waals surface area contributed by atoms with E-state index in [0.717, 1.165) is 58.0 Å². The summed E-state index contributed by atoms with van der Waals surface area (Å²) in [5.74, 6) is 2.44. The van der Waals surface area contributed by atoms with E-state index in [2.05, 4.69) is 31.2 Å². The van der Waals surface area contributed by atoms with Gasteiger partial charge in [0.2, 0.25) is 0 Å². The van der Waals surface area contributed by atoms with Crippen LogP contribution in [-0.2, 0) is 4.84 Å². The van der Waals surface area contributed by atoms with Gasteiger partial charge in [0, 0.05) is 19.0 Å². The average molecular weight is 405 g/mol. The molecule has 0 bridgehead atoms. The molecule has 5 fully saturated rings. The van der Waals surface area contributed by atoms with Gasteiger partial charge in [-0.1, -0.05) is 25.9 Å². The highest BCUT2D eigenvalue weighted by atomic mass is 16.6. The molecule has 0 aromatic heterocycles. The van der Waals surface area contributed by atoms with Gasteiger partial charge >= 0.3 is 0 Å². The van der Waals surface area contributed by atoms with E-state index in [4.69, 9.17) is 4.84 Å². The first kappa shape index (κ1) is 20.3. The smallest absolute Gasteiger partial charge is 0.152 e. The van der Waals surface area contributed by atoms with Gasteiger partial charge in [-0.05, 0) is 85.9 Å². The minimum absolute atomic E-state index is 0.0696. The predicted molar refractivity (Wildman–Crippen MR) is 113 cm³/mol. The van der Waals surface area contributed by atoms with Crippen LogP contribution in [-0.4, -0.2) is 47.3 Å². The number of aliphatic hydroxyl groups excluding tert-OH is 2. The molecule has 0 amide bonds. The van der Waals surface area contributed by atoms with Crippen LogP contribution in [0, 0.1) is 40.4 Å². The van der Waals surface area contributed by atoms with Gasteiger partial charge in [-0.25, -0.2) is 0 Å². The summed E-state index contributed by atoms with van der Waals surface area (Å²) < 4.78 is 0. The predicted octanol–water partition coefficient (Wildman–Crippen LogP) is 3.34. The maximum Gasteiger partial charge on any atom is 0.152 e. The van der Waals surface area contributed by atoms with Crippen LogP contribution in [0.1, 0.15) is 72.1 Å². The van der Waals surface area contributed by atoms with Crippen molar-refractivity contribution >= 4 is 5.71 Å². The van der Waals surface area contributed by atoms with Crippen molar-refractivity contribution in [3.8, 4) is 0 Å². The number of hydrogen-bond acceptors (Lipinski definition) is 5. The molecule has 5 heteroatoms. The van der Waals surface area contributed by atoms with Gasteiger partial charge < -0.3 is 20.4 Å². The van der Waals surface area contributed by atoms with Crippen molar-refractivity contribution in [2.75, 3.05) is 13.1 Å². The van der Waals surface area contributed by atoms with Crippen LogP contribution in [0.3, 0.4) is 0 Å². The zero-order valence-electron chi connectivity index (χ0n) is 18.4. The Labute approximate surface area is 175 Å². The third-order valence-corrected chi connectivity index (χ3v) is 10.2. The first-order valence-corrected chi connectivity index (χ1v) is 12.2. The second kappa shape index (κ2) is 7.20. The van der Waals surface area contributed by atoms with Gasteiger partial charge in [-0.3, -0.25) is 0 Å². The molecule has 4 saturated carbocycles. The van der Waals surface area contributed by atoms with E-state index in [9.17, 15) is 10.2 Å². The molecule has 29 heavy (non-hydrogen) atoms. The maximum atomic E-state index is 11.5. The molecule has 0 spiro atoms. The molecular formula is C24H40N2O3. The summed E-state index contributed by atoms with van der Waals surface area (Å²) in [6.07, 6.45) is 8.31. The lowest BCUT2D eigenvalue weighted by molar-refractivity contribution is -0.164. The molecule has 0 aromatic carbocycles. The SMILES string of the molecule is CC[C@H]1/C(=N/OC2CNC2)CC[C@@]2(C)C1[C@H](O)C[C@H]1[C@@H]3CC[C@H](O)[C@@]3(C)CC[C@@H]12. The van der Waals surface area contributed by atoms with E-state index >= 15 is 0 Å². The van der Waals surface area contributed by atoms with Crippen LogP contribution >= 0.6 is 0 Å². The summed E-state index contributed by atoms with van der Waals surface area (Å²) in [5, 5.41) is 30.0.